The number of carbonyl (C=O) groups excluding carboxylic acids is 2. The van der Waals surface area contributed by atoms with Gasteiger partial charge in [0.25, 0.3) is 5.91 Å². The first-order valence-corrected chi connectivity index (χ1v) is 8.38. The van der Waals surface area contributed by atoms with Crippen LogP contribution in [0.2, 0.25) is 0 Å². The minimum atomic E-state index is -0.265. The number of hydrogen-bond acceptors (Lipinski definition) is 4. The number of hydrogen-bond donors (Lipinski definition) is 2. The molecule has 1 fully saturated rings. The van der Waals surface area contributed by atoms with Crippen LogP contribution >= 0.6 is 12.4 Å². The number of amides is 1. The summed E-state index contributed by atoms with van der Waals surface area (Å²) < 4.78 is 1.86. The number of anilines is 1. The van der Waals surface area contributed by atoms with Gasteiger partial charge in [0.05, 0.1) is 6.04 Å². The van der Waals surface area contributed by atoms with Crippen molar-refractivity contribution in [2.75, 3.05) is 18.4 Å². The van der Waals surface area contributed by atoms with Gasteiger partial charge < -0.3 is 10.6 Å². The normalized spacial score (nSPS) is 16.8. The van der Waals surface area contributed by atoms with E-state index < -0.39 is 0 Å². The second kappa shape index (κ2) is 8.78. The van der Waals surface area contributed by atoms with Crippen molar-refractivity contribution in [1.29, 1.82) is 0 Å². The molecule has 0 spiro atoms. The predicted octanol–water partition coefficient (Wildman–Crippen LogP) is 3.07. The molecule has 1 amide bonds. The van der Waals surface area contributed by atoms with Gasteiger partial charge in [-0.3, -0.25) is 14.3 Å². The van der Waals surface area contributed by atoms with Crippen molar-refractivity contribution < 1.29 is 9.59 Å². The van der Waals surface area contributed by atoms with Gasteiger partial charge in [0.1, 0.15) is 0 Å². The van der Waals surface area contributed by atoms with Gasteiger partial charge in [-0.2, -0.15) is 5.10 Å². The van der Waals surface area contributed by atoms with Crippen LogP contribution in [0.5, 0.6) is 0 Å². The van der Waals surface area contributed by atoms with Crippen LogP contribution in [0.3, 0.4) is 0 Å². The highest BCUT2D eigenvalue weighted by Gasteiger charge is 2.18. The second-order valence-corrected chi connectivity index (χ2v) is 5.99. The Hall–Kier alpha value is -2.18. The summed E-state index contributed by atoms with van der Waals surface area (Å²) in [7, 11) is 0. The first-order valence-electron chi connectivity index (χ1n) is 8.38. The molecule has 1 aliphatic heterocycles. The van der Waals surface area contributed by atoms with Gasteiger partial charge >= 0.3 is 0 Å². The van der Waals surface area contributed by atoms with E-state index in [4.69, 9.17) is 0 Å². The number of nitrogens with one attached hydrogen (secondary N) is 2. The van der Waals surface area contributed by atoms with Gasteiger partial charge in [0.2, 0.25) is 0 Å². The fraction of sp³-hybridized carbons (Fsp3) is 0.389. The lowest BCUT2D eigenvalue weighted by Gasteiger charge is -2.22. The van der Waals surface area contributed by atoms with Crippen LogP contribution in [0, 0.1) is 0 Å². The number of nitrogens with zero attached hydrogens (tertiary/aromatic N) is 2. The van der Waals surface area contributed by atoms with E-state index in [1.165, 1.54) is 0 Å². The number of Topliss-reactive ketones (excluding diaryl/α,β-unsaturated/α-hetero) is 1. The lowest BCUT2D eigenvalue weighted by atomic mass is 10.1. The zero-order valence-corrected chi connectivity index (χ0v) is 15.0. The van der Waals surface area contributed by atoms with E-state index in [-0.39, 0.29) is 24.1 Å². The molecule has 7 heteroatoms. The van der Waals surface area contributed by atoms with Gasteiger partial charge in [0, 0.05) is 30.4 Å². The summed E-state index contributed by atoms with van der Waals surface area (Å²) in [6.45, 7) is 3.74. The van der Waals surface area contributed by atoms with Gasteiger partial charge in [-0.15, -0.1) is 12.4 Å². The van der Waals surface area contributed by atoms with Crippen LogP contribution in [-0.2, 0) is 0 Å². The fourth-order valence-corrected chi connectivity index (χ4v) is 2.89. The lowest BCUT2D eigenvalue weighted by Crippen LogP contribution is -2.32. The molecule has 1 atom stereocenters. The summed E-state index contributed by atoms with van der Waals surface area (Å²) in [4.78, 5) is 24.1. The Labute approximate surface area is 153 Å². The maximum absolute atomic E-state index is 12.4. The third-order valence-corrected chi connectivity index (χ3v) is 4.25. The monoisotopic (exact) mass is 362 g/mol. The third-order valence-electron chi connectivity index (χ3n) is 4.25. The maximum Gasteiger partial charge on any atom is 0.276 e. The smallest absolute Gasteiger partial charge is 0.276 e. The molecule has 0 saturated carbocycles. The molecular weight excluding hydrogens is 340 g/mol. The minimum Gasteiger partial charge on any atom is -0.321 e. The van der Waals surface area contributed by atoms with Crippen molar-refractivity contribution >= 4 is 29.8 Å². The Morgan fingerprint density at radius 3 is 2.92 bits per heavy atom. The average Bonchev–Trinajstić information content (AvgIpc) is 3.12. The number of aromatic nitrogens is 2. The highest BCUT2D eigenvalue weighted by atomic mass is 35.5. The number of halogens is 1. The maximum atomic E-state index is 12.4. The Balaban J connectivity index is 0.00000225. The summed E-state index contributed by atoms with van der Waals surface area (Å²) >= 11 is 0. The Morgan fingerprint density at radius 2 is 2.20 bits per heavy atom. The minimum absolute atomic E-state index is 0. The molecule has 1 aromatic carbocycles. The molecule has 0 aliphatic carbocycles. The number of carbonyl (C=O) groups is 2. The molecule has 0 radical (unpaired) electrons. The van der Waals surface area contributed by atoms with E-state index in [0.29, 0.717) is 29.4 Å². The van der Waals surface area contributed by atoms with Crippen LogP contribution in [-0.4, -0.2) is 34.6 Å². The first-order chi connectivity index (χ1) is 11.7. The van der Waals surface area contributed by atoms with E-state index >= 15 is 0 Å². The Bertz CT molecular complexity index is 738. The summed E-state index contributed by atoms with van der Waals surface area (Å²) in [5, 5.41) is 10.6. The number of benzene rings is 1. The Morgan fingerprint density at radius 1 is 1.36 bits per heavy atom. The molecule has 2 N–H and O–H groups in total. The summed E-state index contributed by atoms with van der Waals surface area (Å²) in [5.74, 6) is -0.209. The van der Waals surface area contributed by atoms with Gasteiger partial charge in [-0.1, -0.05) is 19.1 Å². The lowest BCUT2D eigenvalue weighted by molar-refractivity contribution is 0.0985. The third kappa shape index (κ3) is 4.67. The first kappa shape index (κ1) is 19.1. The van der Waals surface area contributed by atoms with Crippen molar-refractivity contribution in [3.63, 3.8) is 0 Å². The molecule has 1 aliphatic rings. The molecule has 2 aromatic rings. The van der Waals surface area contributed by atoms with Crippen LogP contribution < -0.4 is 10.6 Å². The largest absolute Gasteiger partial charge is 0.321 e. The molecule has 0 bridgehead atoms. The van der Waals surface area contributed by atoms with Crippen LogP contribution in [0.1, 0.15) is 53.1 Å². The topological polar surface area (TPSA) is 76.0 Å². The Kier molecular flexibility index (Phi) is 6.73. The highest BCUT2D eigenvalue weighted by molar-refractivity contribution is 6.04. The van der Waals surface area contributed by atoms with Gasteiger partial charge in [-0.05, 0) is 37.6 Å². The summed E-state index contributed by atoms with van der Waals surface area (Å²) in [6.07, 6.45) is 4.47. The summed E-state index contributed by atoms with van der Waals surface area (Å²) in [6, 6.07) is 9.02. The molecule has 134 valence electrons. The average molecular weight is 363 g/mol. The predicted molar refractivity (Wildman–Crippen MR) is 99.6 cm³/mol. The molecule has 6 nitrogen and oxygen atoms in total. The van der Waals surface area contributed by atoms with Crippen LogP contribution in [0.25, 0.3) is 0 Å². The number of rotatable bonds is 5. The second-order valence-electron chi connectivity index (χ2n) is 5.99. The van der Waals surface area contributed by atoms with Gasteiger partial charge in [-0.25, -0.2) is 0 Å². The zero-order valence-electron chi connectivity index (χ0n) is 14.2. The van der Waals surface area contributed by atoms with Crippen LogP contribution in [0.4, 0.5) is 5.69 Å². The van der Waals surface area contributed by atoms with Crippen molar-refractivity contribution in [3.05, 3.63) is 47.8 Å². The van der Waals surface area contributed by atoms with E-state index in [0.717, 1.165) is 25.9 Å². The molecule has 1 unspecified atom stereocenters. The highest BCUT2D eigenvalue weighted by Crippen LogP contribution is 2.17. The molecule has 2 heterocycles. The SMILES string of the molecule is CCC(=O)c1cccc(NC(=O)c2ccn(C3CCCNC3)n2)c1.Cl. The fourth-order valence-electron chi connectivity index (χ4n) is 2.89. The van der Waals surface area contributed by atoms with Crippen molar-refractivity contribution in [1.82, 2.24) is 15.1 Å². The standard InChI is InChI=1S/C18H22N4O2.ClH/c1-2-17(23)13-5-3-6-14(11-13)20-18(24)16-8-10-22(21-16)15-7-4-9-19-12-15;/h3,5-6,8,10-11,15,19H,2,4,7,9,12H2,1H3,(H,20,24);1H. The van der Waals surface area contributed by atoms with Crippen molar-refractivity contribution in [2.45, 2.75) is 32.2 Å². The number of ketones is 1. The van der Waals surface area contributed by atoms with Crippen LogP contribution in [0.15, 0.2) is 36.5 Å². The van der Waals surface area contributed by atoms with E-state index in [1.807, 2.05) is 17.8 Å². The van der Waals surface area contributed by atoms with Gasteiger partial charge in [0.15, 0.2) is 11.5 Å². The molecule has 1 saturated heterocycles. The zero-order chi connectivity index (χ0) is 16.9. The van der Waals surface area contributed by atoms with Crippen molar-refractivity contribution in [3.8, 4) is 0 Å². The molecule has 3 rings (SSSR count). The molecule has 1 aromatic heterocycles. The van der Waals surface area contributed by atoms with E-state index in [9.17, 15) is 9.59 Å². The summed E-state index contributed by atoms with van der Waals surface area (Å²) in [5.41, 5.74) is 1.59. The van der Waals surface area contributed by atoms with Crippen molar-refractivity contribution in [2.24, 2.45) is 0 Å². The van der Waals surface area contributed by atoms with E-state index in [1.54, 1.807) is 30.3 Å². The quantitative estimate of drug-likeness (QED) is 0.801. The van der Waals surface area contributed by atoms with E-state index in [2.05, 4.69) is 15.7 Å². The molecule has 25 heavy (non-hydrogen) atoms. The number of piperidine rings is 1. The molecular formula is C18H23ClN4O2.